The second-order valence-electron chi connectivity index (χ2n) is 9.11. The number of cyclic esters (lactones) is 1. The number of nitrogens with zero attached hydrogens (tertiary/aromatic N) is 4. The number of thiazole rings is 1. The number of rotatable bonds is 6. The molecule has 0 bridgehead atoms. The molecule has 0 unspecified atom stereocenters. The van der Waals surface area contributed by atoms with E-state index in [1.165, 1.54) is 27.3 Å². The first-order chi connectivity index (χ1) is 16.7. The van der Waals surface area contributed by atoms with E-state index in [9.17, 15) is 4.79 Å². The number of anilines is 3. The summed E-state index contributed by atoms with van der Waals surface area (Å²) in [5.41, 5.74) is 6.09. The fraction of sp³-hybridized carbons (Fsp3) is 0.385. The van der Waals surface area contributed by atoms with Crippen LogP contribution in [-0.2, 0) is 28.9 Å². The van der Waals surface area contributed by atoms with Crippen LogP contribution >= 0.6 is 11.3 Å². The minimum Gasteiger partial charge on any atom is -0.447 e. The Morgan fingerprint density at radius 3 is 2.65 bits per heavy atom. The van der Waals surface area contributed by atoms with Crippen molar-refractivity contribution in [2.24, 2.45) is 0 Å². The maximum Gasteiger partial charge on any atom is 0.414 e. The number of aromatic nitrogens is 1. The lowest BCUT2D eigenvalue weighted by Crippen LogP contribution is -2.51. The highest BCUT2D eigenvalue weighted by molar-refractivity contribution is 7.15. The number of ether oxygens (including phenoxy) is 2. The number of amides is 1. The zero-order valence-electron chi connectivity index (χ0n) is 19.3. The van der Waals surface area contributed by atoms with Gasteiger partial charge in [0.2, 0.25) is 0 Å². The Morgan fingerprint density at radius 2 is 1.88 bits per heavy atom. The van der Waals surface area contributed by atoms with Crippen LogP contribution in [0.5, 0.6) is 0 Å². The zero-order valence-corrected chi connectivity index (χ0v) is 20.1. The van der Waals surface area contributed by atoms with E-state index >= 15 is 0 Å². The molecule has 3 aliphatic heterocycles. The molecule has 2 fully saturated rings. The Balaban J connectivity index is 1.11. The number of hydrogen-bond donors (Lipinski definition) is 0. The molecule has 176 valence electrons. The van der Waals surface area contributed by atoms with Crippen LogP contribution in [0.1, 0.15) is 21.6 Å². The summed E-state index contributed by atoms with van der Waals surface area (Å²) in [5, 5.41) is 1.06. The van der Waals surface area contributed by atoms with Crippen LogP contribution in [0.4, 0.5) is 21.3 Å². The molecule has 0 N–H and O–H groups in total. The maximum atomic E-state index is 12.0. The number of benzene rings is 2. The minimum absolute atomic E-state index is 0.255. The van der Waals surface area contributed by atoms with Crippen molar-refractivity contribution in [1.29, 1.82) is 0 Å². The van der Waals surface area contributed by atoms with Gasteiger partial charge in [-0.3, -0.25) is 4.90 Å². The van der Waals surface area contributed by atoms with E-state index in [1.54, 1.807) is 23.3 Å². The molecule has 0 radical (unpaired) electrons. The van der Waals surface area contributed by atoms with E-state index in [-0.39, 0.29) is 6.09 Å². The third-order valence-corrected chi connectivity index (χ3v) is 8.01. The normalized spacial score (nSPS) is 18.1. The van der Waals surface area contributed by atoms with Crippen LogP contribution in [-0.4, -0.2) is 57.1 Å². The first kappa shape index (κ1) is 21.4. The van der Waals surface area contributed by atoms with Gasteiger partial charge < -0.3 is 19.3 Å². The highest BCUT2D eigenvalue weighted by Crippen LogP contribution is 2.32. The molecule has 0 atom stereocenters. The number of methoxy groups -OCH3 is 1. The van der Waals surface area contributed by atoms with Gasteiger partial charge in [-0.2, -0.15) is 0 Å². The third kappa shape index (κ3) is 4.12. The highest BCUT2D eigenvalue weighted by Gasteiger charge is 2.27. The third-order valence-electron chi connectivity index (χ3n) is 6.95. The lowest BCUT2D eigenvalue weighted by atomic mass is 9.99. The Bertz CT molecular complexity index is 1190. The van der Waals surface area contributed by atoms with Gasteiger partial charge in [0.15, 0.2) is 5.13 Å². The van der Waals surface area contributed by atoms with Crippen molar-refractivity contribution in [2.45, 2.75) is 25.5 Å². The first-order valence-corrected chi connectivity index (χ1v) is 12.6. The van der Waals surface area contributed by atoms with Crippen molar-refractivity contribution in [2.75, 3.05) is 54.6 Å². The molecular formula is C26H28N4O3S. The molecule has 7 nitrogen and oxygen atoms in total. The summed E-state index contributed by atoms with van der Waals surface area (Å²) >= 11 is 1.77. The van der Waals surface area contributed by atoms with Gasteiger partial charge >= 0.3 is 6.09 Å². The zero-order chi connectivity index (χ0) is 23.1. The molecule has 6 rings (SSSR count). The Kier molecular flexibility index (Phi) is 5.63. The topological polar surface area (TPSA) is 58.1 Å². The quantitative estimate of drug-likeness (QED) is 0.534. The number of carbonyl (C=O) groups is 1. The standard InChI is InChI=1S/C26H28N4O3S/c1-32-23-16-29(17-23)21-5-2-18(3-6-21)12-24-14-27-25(34-24)28-9-8-19-4-7-22(13-20(19)15-28)30-10-11-33-26(30)31/h2-7,13-14,23H,8-12,15-17H2,1H3. The van der Waals surface area contributed by atoms with Crippen LogP contribution in [0.25, 0.3) is 0 Å². The summed E-state index contributed by atoms with van der Waals surface area (Å²) in [6.45, 7) is 4.78. The molecule has 0 aliphatic carbocycles. The van der Waals surface area contributed by atoms with E-state index in [4.69, 9.17) is 14.5 Å². The first-order valence-electron chi connectivity index (χ1n) is 11.8. The van der Waals surface area contributed by atoms with Crippen molar-refractivity contribution in [1.82, 2.24) is 4.98 Å². The van der Waals surface area contributed by atoms with Crippen molar-refractivity contribution in [3.05, 3.63) is 70.2 Å². The summed E-state index contributed by atoms with van der Waals surface area (Å²) in [7, 11) is 1.78. The van der Waals surface area contributed by atoms with Gasteiger partial charge in [-0.15, -0.1) is 11.3 Å². The Labute approximate surface area is 203 Å². The van der Waals surface area contributed by atoms with E-state index < -0.39 is 0 Å². The summed E-state index contributed by atoms with van der Waals surface area (Å²) in [5.74, 6) is 0. The lowest BCUT2D eigenvalue weighted by Gasteiger charge is -2.40. The molecule has 8 heteroatoms. The summed E-state index contributed by atoms with van der Waals surface area (Å²) < 4.78 is 10.5. The fourth-order valence-electron chi connectivity index (χ4n) is 4.85. The number of hydrogen-bond acceptors (Lipinski definition) is 7. The molecule has 1 aromatic heterocycles. The SMILES string of the molecule is COC1CN(c2ccc(Cc3cnc(N4CCc5ccc(N6CCOC6=O)cc5C4)s3)cc2)C1. The number of carbonyl (C=O) groups excluding carboxylic acids is 1. The van der Waals surface area contributed by atoms with E-state index in [0.29, 0.717) is 19.3 Å². The van der Waals surface area contributed by atoms with Gasteiger partial charge in [0.05, 0.1) is 12.6 Å². The van der Waals surface area contributed by atoms with Gasteiger partial charge in [-0.1, -0.05) is 18.2 Å². The monoisotopic (exact) mass is 476 g/mol. The largest absolute Gasteiger partial charge is 0.447 e. The average molecular weight is 477 g/mol. The molecule has 2 saturated heterocycles. The van der Waals surface area contributed by atoms with Crippen LogP contribution in [0, 0.1) is 0 Å². The summed E-state index contributed by atoms with van der Waals surface area (Å²) in [6.07, 6.45) is 3.99. The fourth-order valence-corrected chi connectivity index (χ4v) is 5.82. The van der Waals surface area contributed by atoms with Gasteiger partial charge in [0.1, 0.15) is 6.61 Å². The smallest absolute Gasteiger partial charge is 0.414 e. The highest BCUT2D eigenvalue weighted by atomic mass is 32.1. The van der Waals surface area contributed by atoms with Crippen molar-refractivity contribution >= 4 is 33.9 Å². The van der Waals surface area contributed by atoms with E-state index in [1.807, 2.05) is 12.3 Å². The maximum absolute atomic E-state index is 12.0. The van der Waals surface area contributed by atoms with Crippen LogP contribution in [0.2, 0.25) is 0 Å². The van der Waals surface area contributed by atoms with Crippen LogP contribution < -0.4 is 14.7 Å². The Hall–Kier alpha value is -3.10. The molecule has 3 aromatic rings. The Morgan fingerprint density at radius 1 is 1.06 bits per heavy atom. The molecule has 1 amide bonds. The predicted molar refractivity (Wildman–Crippen MR) is 134 cm³/mol. The summed E-state index contributed by atoms with van der Waals surface area (Å²) in [4.78, 5) is 24.4. The molecule has 2 aromatic carbocycles. The van der Waals surface area contributed by atoms with Gasteiger partial charge in [0.25, 0.3) is 0 Å². The van der Waals surface area contributed by atoms with E-state index in [0.717, 1.165) is 49.8 Å². The lowest BCUT2D eigenvalue weighted by molar-refractivity contribution is 0.0788. The van der Waals surface area contributed by atoms with Crippen molar-refractivity contribution in [3.63, 3.8) is 0 Å². The van der Waals surface area contributed by atoms with E-state index in [2.05, 4.69) is 46.2 Å². The van der Waals surface area contributed by atoms with Crippen molar-refractivity contribution in [3.8, 4) is 0 Å². The molecule has 0 spiro atoms. The van der Waals surface area contributed by atoms with Crippen LogP contribution in [0.3, 0.4) is 0 Å². The van der Waals surface area contributed by atoms with Gasteiger partial charge in [0, 0.05) is 62.2 Å². The molecular weight excluding hydrogens is 448 g/mol. The minimum atomic E-state index is -0.255. The average Bonchev–Trinajstić information content (AvgIpc) is 3.48. The van der Waals surface area contributed by atoms with Crippen LogP contribution in [0.15, 0.2) is 48.7 Å². The van der Waals surface area contributed by atoms with Gasteiger partial charge in [-0.25, -0.2) is 9.78 Å². The van der Waals surface area contributed by atoms with Gasteiger partial charge in [-0.05, 0) is 47.4 Å². The molecule has 34 heavy (non-hydrogen) atoms. The predicted octanol–water partition coefficient (Wildman–Crippen LogP) is 4.09. The second-order valence-corrected chi connectivity index (χ2v) is 10.2. The molecule has 0 saturated carbocycles. The molecule has 3 aliphatic rings. The summed E-state index contributed by atoms with van der Waals surface area (Å²) in [6, 6.07) is 15.2. The second kappa shape index (κ2) is 8.92. The van der Waals surface area contributed by atoms with Crippen molar-refractivity contribution < 1.29 is 14.3 Å². The molecule has 4 heterocycles. The number of fused-ring (bicyclic) bond motifs is 1.